The number of benzene rings is 1. The first kappa shape index (κ1) is 17.9. The fraction of sp³-hybridized carbons (Fsp3) is 0.538. The Morgan fingerprint density at radius 1 is 1.05 bits per heavy atom. The minimum absolute atomic E-state index is 0.161. The number of halogens is 4. The van der Waals surface area contributed by atoms with Crippen molar-refractivity contribution in [3.8, 4) is 17.2 Å². The molecular weight excluding hydrogens is 357 g/mol. The van der Waals surface area contributed by atoms with Crippen molar-refractivity contribution in [1.82, 2.24) is 0 Å². The van der Waals surface area contributed by atoms with Gasteiger partial charge in [0.05, 0.1) is 32.8 Å². The van der Waals surface area contributed by atoms with Gasteiger partial charge in [-0.25, -0.2) is 0 Å². The highest BCUT2D eigenvalue weighted by Crippen LogP contribution is 2.44. The minimum Gasteiger partial charge on any atom is -0.493 e. The summed E-state index contributed by atoms with van der Waals surface area (Å²) >= 11 is 3.29. The molecule has 8 heteroatoms. The van der Waals surface area contributed by atoms with Gasteiger partial charge in [-0.3, -0.25) is 0 Å². The second-order valence-corrected chi connectivity index (χ2v) is 5.13. The molecule has 0 fully saturated rings. The molecule has 0 spiro atoms. The van der Waals surface area contributed by atoms with Crippen LogP contribution in [-0.4, -0.2) is 40.7 Å². The summed E-state index contributed by atoms with van der Waals surface area (Å²) in [5, 5.41) is 0. The Kier molecular flexibility index (Phi) is 6.60. The van der Waals surface area contributed by atoms with Crippen LogP contribution in [0.25, 0.3) is 0 Å². The highest BCUT2D eigenvalue weighted by atomic mass is 79.9. The van der Waals surface area contributed by atoms with E-state index in [1.807, 2.05) is 0 Å². The molecule has 0 N–H and O–H groups in total. The Balaban J connectivity index is 2.91. The normalized spacial score (nSPS) is 12.9. The van der Waals surface area contributed by atoms with Crippen molar-refractivity contribution in [2.75, 3.05) is 34.5 Å². The van der Waals surface area contributed by atoms with Gasteiger partial charge in [0.25, 0.3) is 0 Å². The van der Waals surface area contributed by atoms with Gasteiger partial charge < -0.3 is 18.9 Å². The number of ether oxygens (including phenoxy) is 4. The highest BCUT2D eigenvalue weighted by molar-refractivity contribution is 9.09. The Morgan fingerprint density at radius 2 is 1.67 bits per heavy atom. The molecule has 0 radical (unpaired) electrons. The average molecular weight is 373 g/mol. The third-order valence-corrected chi connectivity index (χ3v) is 3.36. The molecule has 0 heterocycles. The summed E-state index contributed by atoms with van der Waals surface area (Å²) in [6, 6.07) is 3.32. The Labute approximate surface area is 129 Å². The summed E-state index contributed by atoms with van der Waals surface area (Å²) in [5.74, 6) is 1.22. The molecule has 120 valence electrons. The average Bonchev–Trinajstić information content (AvgIpc) is 2.43. The SMILES string of the molecule is COc1ccc(C(Br)COCC(F)(F)F)c(OC)c1OC. The van der Waals surface area contributed by atoms with Crippen molar-refractivity contribution in [3.05, 3.63) is 17.7 Å². The number of hydrogen-bond donors (Lipinski definition) is 0. The summed E-state index contributed by atoms with van der Waals surface area (Å²) in [6.45, 7) is -1.46. The van der Waals surface area contributed by atoms with Crippen LogP contribution in [0.5, 0.6) is 17.2 Å². The van der Waals surface area contributed by atoms with Crippen LogP contribution < -0.4 is 14.2 Å². The summed E-state index contributed by atoms with van der Waals surface area (Å²) < 4.78 is 56.5. The molecule has 0 amide bonds. The van der Waals surface area contributed by atoms with E-state index in [0.717, 1.165) is 0 Å². The van der Waals surface area contributed by atoms with Crippen LogP contribution in [0.2, 0.25) is 0 Å². The lowest BCUT2D eigenvalue weighted by molar-refractivity contribution is -0.173. The van der Waals surface area contributed by atoms with Gasteiger partial charge in [-0.1, -0.05) is 22.0 Å². The lowest BCUT2D eigenvalue weighted by Crippen LogP contribution is -2.18. The monoisotopic (exact) mass is 372 g/mol. The molecule has 4 nitrogen and oxygen atoms in total. The lowest BCUT2D eigenvalue weighted by atomic mass is 10.1. The molecular formula is C13H16BrF3O4. The molecule has 1 aromatic carbocycles. The number of rotatable bonds is 7. The zero-order chi connectivity index (χ0) is 16.0. The van der Waals surface area contributed by atoms with Crippen molar-refractivity contribution >= 4 is 15.9 Å². The van der Waals surface area contributed by atoms with E-state index in [0.29, 0.717) is 22.8 Å². The topological polar surface area (TPSA) is 36.9 Å². The maximum atomic E-state index is 12.1. The molecule has 0 saturated carbocycles. The first-order valence-electron chi connectivity index (χ1n) is 5.91. The summed E-state index contributed by atoms with van der Waals surface area (Å²) in [4.78, 5) is -0.477. The van der Waals surface area contributed by atoms with Crippen LogP contribution in [0.3, 0.4) is 0 Å². The second kappa shape index (κ2) is 7.74. The molecule has 0 saturated heterocycles. The van der Waals surface area contributed by atoms with E-state index in [-0.39, 0.29) is 6.61 Å². The van der Waals surface area contributed by atoms with Gasteiger partial charge in [0.1, 0.15) is 6.61 Å². The molecule has 1 atom stereocenters. The van der Waals surface area contributed by atoms with Gasteiger partial charge in [0.15, 0.2) is 11.5 Å². The molecule has 0 aliphatic carbocycles. The minimum atomic E-state index is -4.35. The van der Waals surface area contributed by atoms with Crippen LogP contribution in [-0.2, 0) is 4.74 Å². The first-order chi connectivity index (χ1) is 9.84. The summed E-state index contributed by atoms with van der Waals surface area (Å²) in [5.41, 5.74) is 0.609. The molecule has 21 heavy (non-hydrogen) atoms. The Bertz CT molecular complexity index is 465. The molecule has 1 aromatic rings. The smallest absolute Gasteiger partial charge is 0.411 e. The van der Waals surface area contributed by atoms with Crippen LogP contribution in [0.15, 0.2) is 12.1 Å². The molecule has 0 aliphatic rings. The van der Waals surface area contributed by atoms with Crippen molar-refractivity contribution in [2.24, 2.45) is 0 Å². The van der Waals surface area contributed by atoms with E-state index in [4.69, 9.17) is 14.2 Å². The standard InChI is InChI=1S/C13H16BrF3O4/c1-18-10-5-4-8(11(19-2)12(10)20-3)9(14)6-21-7-13(15,16)17/h4-5,9H,6-7H2,1-3H3. The fourth-order valence-electron chi connectivity index (χ4n) is 1.74. The fourth-order valence-corrected chi connectivity index (χ4v) is 2.29. The first-order valence-corrected chi connectivity index (χ1v) is 6.83. The van der Waals surface area contributed by atoms with Crippen LogP contribution in [0, 0.1) is 0 Å². The number of hydrogen-bond acceptors (Lipinski definition) is 4. The van der Waals surface area contributed by atoms with Crippen molar-refractivity contribution < 1.29 is 32.1 Å². The number of alkyl halides is 4. The quantitative estimate of drug-likeness (QED) is 0.683. The van der Waals surface area contributed by atoms with Gasteiger partial charge in [-0.15, -0.1) is 0 Å². The van der Waals surface area contributed by atoms with Crippen LogP contribution in [0.4, 0.5) is 13.2 Å². The summed E-state index contributed by atoms with van der Waals surface area (Å²) in [7, 11) is 4.37. The van der Waals surface area contributed by atoms with Gasteiger partial charge in [-0.2, -0.15) is 13.2 Å². The molecule has 1 unspecified atom stereocenters. The Hall–Kier alpha value is -1.15. The zero-order valence-electron chi connectivity index (χ0n) is 11.8. The van der Waals surface area contributed by atoms with E-state index < -0.39 is 17.6 Å². The molecule has 0 aromatic heterocycles. The third-order valence-electron chi connectivity index (χ3n) is 2.60. The lowest BCUT2D eigenvalue weighted by Gasteiger charge is -2.19. The predicted octanol–water partition coefficient (Wildman–Crippen LogP) is 3.73. The highest BCUT2D eigenvalue weighted by Gasteiger charge is 2.28. The second-order valence-electron chi connectivity index (χ2n) is 4.02. The van der Waals surface area contributed by atoms with E-state index >= 15 is 0 Å². The van der Waals surface area contributed by atoms with Gasteiger partial charge >= 0.3 is 6.18 Å². The molecule has 0 bridgehead atoms. The van der Waals surface area contributed by atoms with E-state index in [1.165, 1.54) is 21.3 Å². The van der Waals surface area contributed by atoms with Gasteiger partial charge in [-0.05, 0) is 6.07 Å². The third kappa shape index (κ3) is 4.96. The molecule has 1 rings (SSSR count). The van der Waals surface area contributed by atoms with E-state index in [9.17, 15) is 13.2 Å². The predicted molar refractivity (Wildman–Crippen MR) is 74.6 cm³/mol. The van der Waals surface area contributed by atoms with Gasteiger partial charge in [0.2, 0.25) is 5.75 Å². The van der Waals surface area contributed by atoms with Crippen molar-refractivity contribution in [3.63, 3.8) is 0 Å². The summed E-state index contributed by atoms with van der Waals surface area (Å²) in [6.07, 6.45) is -4.35. The van der Waals surface area contributed by atoms with Gasteiger partial charge in [0, 0.05) is 5.56 Å². The Morgan fingerprint density at radius 3 is 2.14 bits per heavy atom. The van der Waals surface area contributed by atoms with Crippen LogP contribution >= 0.6 is 15.9 Å². The van der Waals surface area contributed by atoms with E-state index in [2.05, 4.69) is 20.7 Å². The maximum absolute atomic E-state index is 12.1. The number of methoxy groups -OCH3 is 3. The maximum Gasteiger partial charge on any atom is 0.411 e. The van der Waals surface area contributed by atoms with Crippen molar-refractivity contribution in [1.29, 1.82) is 0 Å². The van der Waals surface area contributed by atoms with Crippen molar-refractivity contribution in [2.45, 2.75) is 11.0 Å². The van der Waals surface area contributed by atoms with E-state index in [1.54, 1.807) is 12.1 Å². The van der Waals surface area contributed by atoms with Crippen LogP contribution in [0.1, 0.15) is 10.4 Å². The largest absolute Gasteiger partial charge is 0.493 e. The molecule has 0 aliphatic heterocycles. The zero-order valence-corrected chi connectivity index (χ0v) is 13.4.